The molecule has 2 heterocycles. The molecule has 0 atom stereocenters. The van der Waals surface area contributed by atoms with Gasteiger partial charge in [-0.2, -0.15) is 0 Å². The predicted octanol–water partition coefficient (Wildman–Crippen LogP) is 6.38. The van der Waals surface area contributed by atoms with Crippen LogP contribution in [0.2, 0.25) is 10.0 Å². The molecular weight excluding hydrogens is 523 g/mol. The third-order valence-corrected chi connectivity index (χ3v) is 6.85. The topological polar surface area (TPSA) is 85.8 Å². The number of hydrogen-bond donors (Lipinski definition) is 1. The lowest BCUT2D eigenvalue weighted by Crippen LogP contribution is -2.31. The van der Waals surface area contributed by atoms with Gasteiger partial charge in [-0.3, -0.25) is 4.79 Å². The van der Waals surface area contributed by atoms with E-state index in [0.29, 0.717) is 52.1 Å². The van der Waals surface area contributed by atoms with Crippen LogP contribution in [0.3, 0.4) is 0 Å². The van der Waals surface area contributed by atoms with Gasteiger partial charge in [0.15, 0.2) is 6.29 Å². The highest BCUT2D eigenvalue weighted by Gasteiger charge is 2.20. The minimum absolute atomic E-state index is 0.304. The van der Waals surface area contributed by atoms with Crippen molar-refractivity contribution in [2.75, 3.05) is 30.0 Å². The molecule has 0 saturated carbocycles. The maximum absolute atomic E-state index is 11.7. The van der Waals surface area contributed by atoms with Gasteiger partial charge in [-0.15, -0.1) is 10.2 Å². The monoisotopic (exact) mass is 542 g/mol. The van der Waals surface area contributed by atoms with Crippen LogP contribution < -0.4 is 15.0 Å². The molecule has 3 aromatic carbocycles. The minimum atomic E-state index is -0.431. The van der Waals surface area contributed by atoms with Gasteiger partial charge in [-0.05, 0) is 42.5 Å². The molecule has 5 rings (SSSR count). The molecule has 1 fully saturated rings. The van der Waals surface area contributed by atoms with Gasteiger partial charge in [-0.25, -0.2) is 0 Å². The van der Waals surface area contributed by atoms with Crippen LogP contribution in [0.25, 0.3) is 10.6 Å². The van der Waals surface area contributed by atoms with Crippen LogP contribution in [-0.2, 0) is 14.3 Å². The van der Waals surface area contributed by atoms with E-state index in [9.17, 15) is 4.79 Å². The number of amides is 1. The third-order valence-electron chi connectivity index (χ3n) is 5.23. The number of halogens is 2. The Bertz CT molecular complexity index is 1360. The first kappa shape index (κ1) is 24.5. The average Bonchev–Trinajstić information content (AvgIpc) is 3.58. The number of ether oxygens (including phenoxy) is 3. The summed E-state index contributed by atoms with van der Waals surface area (Å²) in [6.45, 7) is 1.36. The zero-order valence-electron chi connectivity index (χ0n) is 18.8. The summed E-state index contributed by atoms with van der Waals surface area (Å²) in [7, 11) is 0. The van der Waals surface area contributed by atoms with E-state index in [1.807, 2.05) is 48.5 Å². The molecule has 1 amide bonds. The molecule has 1 N–H and O–H groups in total. The van der Waals surface area contributed by atoms with E-state index >= 15 is 0 Å². The summed E-state index contributed by atoms with van der Waals surface area (Å²) in [5, 5.41) is 14.0. The second-order valence-electron chi connectivity index (χ2n) is 7.72. The lowest BCUT2D eigenvalue weighted by molar-refractivity contribution is -0.109. The fraction of sp³-hybridized carbons (Fsp3) is 0.160. The molecule has 0 radical (unpaired) electrons. The van der Waals surface area contributed by atoms with Gasteiger partial charge in [0, 0.05) is 23.0 Å². The van der Waals surface area contributed by atoms with E-state index in [4.69, 9.17) is 37.4 Å². The van der Waals surface area contributed by atoms with Gasteiger partial charge < -0.3 is 24.4 Å². The summed E-state index contributed by atoms with van der Waals surface area (Å²) in [5.74, 6) is 1.21. The number of aromatic nitrogens is 2. The Morgan fingerprint density at radius 3 is 2.56 bits per heavy atom. The van der Waals surface area contributed by atoms with Crippen LogP contribution in [0.1, 0.15) is 0 Å². The predicted molar refractivity (Wildman–Crippen MR) is 141 cm³/mol. The Balaban J connectivity index is 1.28. The molecule has 1 aromatic heterocycles. The molecule has 1 aliphatic heterocycles. The average molecular weight is 543 g/mol. The number of benzene rings is 3. The molecule has 0 unspecified atom stereocenters. The van der Waals surface area contributed by atoms with Crippen LogP contribution in [0.15, 0.2) is 66.7 Å². The molecule has 1 aliphatic rings. The summed E-state index contributed by atoms with van der Waals surface area (Å²) >= 11 is 13.5. The molecule has 36 heavy (non-hydrogen) atoms. The van der Waals surface area contributed by atoms with Gasteiger partial charge >= 0.3 is 0 Å². The van der Waals surface area contributed by atoms with E-state index in [1.54, 1.807) is 18.2 Å². The lowest BCUT2D eigenvalue weighted by Gasteiger charge is -2.21. The standard InChI is InChI=1S/C25H20Cl2N4O4S/c26-21-8-7-17(12-22(21)27)28-25-30-29-24(36-25)16-3-1-5-19(11-16)35-20-6-2-4-18(13-20)31(15-32)14-23-33-9-10-34-23/h1-8,11-13,15,23H,9-10,14H2,(H,28,30). The van der Waals surface area contributed by atoms with Crippen LogP contribution in [0.5, 0.6) is 11.5 Å². The van der Waals surface area contributed by atoms with Gasteiger partial charge in [-0.1, -0.05) is 52.7 Å². The van der Waals surface area contributed by atoms with Gasteiger partial charge in [0.1, 0.15) is 16.5 Å². The highest BCUT2D eigenvalue weighted by molar-refractivity contribution is 7.18. The van der Waals surface area contributed by atoms with Crippen molar-refractivity contribution in [1.29, 1.82) is 0 Å². The summed E-state index contributed by atoms with van der Waals surface area (Å²) in [6, 6.07) is 20.1. The third kappa shape index (κ3) is 5.95. The second kappa shape index (κ2) is 11.2. The number of hydrogen-bond acceptors (Lipinski definition) is 8. The Morgan fingerprint density at radius 1 is 1.00 bits per heavy atom. The zero-order chi connectivity index (χ0) is 24.9. The van der Waals surface area contributed by atoms with Crippen LogP contribution in [-0.4, -0.2) is 42.7 Å². The Labute approximate surface area is 221 Å². The Morgan fingerprint density at radius 2 is 1.78 bits per heavy atom. The fourth-order valence-electron chi connectivity index (χ4n) is 3.52. The highest BCUT2D eigenvalue weighted by Crippen LogP contribution is 2.33. The normalized spacial score (nSPS) is 13.5. The second-order valence-corrected chi connectivity index (χ2v) is 9.51. The molecule has 0 aliphatic carbocycles. The van der Waals surface area contributed by atoms with Crippen LogP contribution >= 0.6 is 34.5 Å². The molecule has 8 nitrogen and oxygen atoms in total. The largest absolute Gasteiger partial charge is 0.457 e. The number of carbonyl (C=O) groups excluding carboxylic acids is 1. The summed E-state index contributed by atoms with van der Waals surface area (Å²) in [4.78, 5) is 13.2. The fourth-order valence-corrected chi connectivity index (χ4v) is 4.58. The Kier molecular flexibility index (Phi) is 7.64. The van der Waals surface area contributed by atoms with Crippen molar-refractivity contribution in [3.63, 3.8) is 0 Å². The quantitative estimate of drug-likeness (QED) is 0.245. The molecule has 4 aromatic rings. The number of nitrogens with one attached hydrogen (secondary N) is 1. The minimum Gasteiger partial charge on any atom is -0.457 e. The zero-order valence-corrected chi connectivity index (χ0v) is 21.1. The van der Waals surface area contributed by atoms with E-state index in [-0.39, 0.29) is 0 Å². The molecule has 184 valence electrons. The molecule has 1 saturated heterocycles. The number of nitrogens with zero attached hydrogens (tertiary/aromatic N) is 3. The van der Waals surface area contributed by atoms with E-state index in [0.717, 1.165) is 22.7 Å². The maximum Gasteiger partial charge on any atom is 0.214 e. The first-order chi connectivity index (χ1) is 17.6. The van der Waals surface area contributed by atoms with Crippen molar-refractivity contribution in [1.82, 2.24) is 10.2 Å². The van der Waals surface area contributed by atoms with E-state index in [2.05, 4.69) is 15.5 Å². The number of anilines is 3. The Hall–Kier alpha value is -3.21. The van der Waals surface area contributed by atoms with Gasteiger partial charge in [0.05, 0.1) is 29.8 Å². The van der Waals surface area contributed by atoms with Crippen molar-refractivity contribution < 1.29 is 19.0 Å². The van der Waals surface area contributed by atoms with Gasteiger partial charge in [0.2, 0.25) is 11.5 Å². The van der Waals surface area contributed by atoms with E-state index in [1.165, 1.54) is 16.2 Å². The first-order valence-electron chi connectivity index (χ1n) is 11.0. The molecule has 0 spiro atoms. The smallest absolute Gasteiger partial charge is 0.214 e. The van der Waals surface area contributed by atoms with Crippen molar-refractivity contribution >= 4 is 57.5 Å². The van der Waals surface area contributed by atoms with E-state index < -0.39 is 6.29 Å². The highest BCUT2D eigenvalue weighted by atomic mass is 35.5. The van der Waals surface area contributed by atoms with Crippen molar-refractivity contribution in [3.8, 4) is 22.1 Å². The SMILES string of the molecule is O=CN(CC1OCCO1)c1cccc(Oc2cccc(-c3nnc(Nc4ccc(Cl)c(Cl)c4)s3)c2)c1. The molecule has 0 bridgehead atoms. The first-order valence-corrected chi connectivity index (χ1v) is 12.5. The number of rotatable bonds is 9. The maximum atomic E-state index is 11.7. The molecular formula is C25H20Cl2N4O4S. The van der Waals surface area contributed by atoms with Crippen LogP contribution in [0, 0.1) is 0 Å². The molecule has 11 heteroatoms. The van der Waals surface area contributed by atoms with Gasteiger partial charge in [0.25, 0.3) is 0 Å². The number of carbonyl (C=O) groups is 1. The van der Waals surface area contributed by atoms with Crippen molar-refractivity contribution in [2.45, 2.75) is 6.29 Å². The van der Waals surface area contributed by atoms with Crippen molar-refractivity contribution in [2.24, 2.45) is 0 Å². The summed E-state index contributed by atoms with van der Waals surface area (Å²) in [6.07, 6.45) is 0.323. The summed E-state index contributed by atoms with van der Waals surface area (Å²) < 4.78 is 17.0. The van der Waals surface area contributed by atoms with Crippen molar-refractivity contribution in [3.05, 3.63) is 76.8 Å². The van der Waals surface area contributed by atoms with Crippen LogP contribution in [0.4, 0.5) is 16.5 Å². The lowest BCUT2D eigenvalue weighted by atomic mass is 10.2. The summed E-state index contributed by atoms with van der Waals surface area (Å²) in [5.41, 5.74) is 2.30.